The first kappa shape index (κ1) is 26.4. The Bertz CT molecular complexity index is 1320. The molecule has 1 aromatic heterocycles. The van der Waals surface area contributed by atoms with Gasteiger partial charge in [0.05, 0.1) is 12.1 Å². The first-order chi connectivity index (χ1) is 17.5. The minimum absolute atomic E-state index is 0.0681. The summed E-state index contributed by atoms with van der Waals surface area (Å²) in [4.78, 5) is 5.70. The Morgan fingerprint density at radius 2 is 1.57 bits per heavy atom. The van der Waals surface area contributed by atoms with Crippen LogP contribution in [0.5, 0.6) is 0 Å². The van der Waals surface area contributed by atoms with Gasteiger partial charge in [-0.05, 0) is 48.9 Å². The van der Waals surface area contributed by atoms with E-state index in [0.717, 1.165) is 35.4 Å². The zero-order valence-electron chi connectivity index (χ0n) is 20.1. The summed E-state index contributed by atoms with van der Waals surface area (Å²) in [5.41, 5.74) is -0.284. The maximum Gasteiger partial charge on any atom is 0.416 e. The maximum atomic E-state index is 14.8. The topological polar surface area (TPSA) is 54.2 Å². The molecule has 0 aliphatic rings. The number of hydrogen-bond acceptors (Lipinski definition) is 4. The molecule has 10 heteroatoms. The van der Waals surface area contributed by atoms with E-state index in [4.69, 9.17) is 0 Å². The average Bonchev–Trinajstić information content (AvgIpc) is 3.36. The molecule has 0 radical (unpaired) electrons. The zero-order valence-corrected chi connectivity index (χ0v) is 20.1. The summed E-state index contributed by atoms with van der Waals surface area (Å²) < 4.78 is 68.2. The number of alkyl halides is 3. The summed E-state index contributed by atoms with van der Waals surface area (Å²) in [5.74, 6) is -1.62. The van der Waals surface area contributed by atoms with E-state index in [0.29, 0.717) is 12.1 Å². The number of aromatic nitrogens is 3. The predicted molar refractivity (Wildman–Crippen MR) is 128 cm³/mol. The summed E-state index contributed by atoms with van der Waals surface area (Å²) >= 11 is 0. The molecular formula is C27H25F5N4O. The van der Waals surface area contributed by atoms with E-state index in [1.807, 2.05) is 17.0 Å². The highest BCUT2D eigenvalue weighted by molar-refractivity contribution is 5.64. The highest BCUT2D eigenvalue weighted by atomic mass is 19.4. The molecule has 0 unspecified atom stereocenters. The Morgan fingerprint density at radius 3 is 2.11 bits per heavy atom. The molecule has 4 aromatic rings. The van der Waals surface area contributed by atoms with Crippen LogP contribution in [0.4, 0.5) is 22.0 Å². The van der Waals surface area contributed by atoms with Gasteiger partial charge in [0.15, 0.2) is 0 Å². The number of halogens is 5. The van der Waals surface area contributed by atoms with Gasteiger partial charge in [0.25, 0.3) is 0 Å². The lowest BCUT2D eigenvalue weighted by molar-refractivity contribution is -0.137. The van der Waals surface area contributed by atoms with Crippen molar-refractivity contribution in [3.05, 3.63) is 108 Å². The van der Waals surface area contributed by atoms with Crippen LogP contribution in [-0.4, -0.2) is 37.9 Å². The highest BCUT2D eigenvalue weighted by Gasteiger charge is 2.41. The third kappa shape index (κ3) is 5.86. The van der Waals surface area contributed by atoms with Crippen molar-refractivity contribution >= 4 is 0 Å². The third-order valence-electron chi connectivity index (χ3n) is 6.55. The molecule has 0 fully saturated rings. The highest BCUT2D eigenvalue weighted by Crippen LogP contribution is 2.34. The SMILES string of the molecule is C[C@@H](N(C)Cc1ccc(-c2ccc(C(F)(F)F)cc2)cc1)[C@](O)(Cn1cncn1)c1ccc(F)cc1F. The molecule has 3 aromatic carbocycles. The van der Waals surface area contributed by atoms with E-state index < -0.39 is 35.0 Å². The number of benzene rings is 3. The van der Waals surface area contributed by atoms with Crippen LogP contribution in [0.25, 0.3) is 11.1 Å². The predicted octanol–water partition coefficient (Wildman–Crippen LogP) is 5.65. The van der Waals surface area contributed by atoms with E-state index in [9.17, 15) is 27.1 Å². The van der Waals surface area contributed by atoms with Crippen molar-refractivity contribution in [1.29, 1.82) is 0 Å². The molecule has 5 nitrogen and oxygen atoms in total. The Hall–Kier alpha value is -3.63. The van der Waals surface area contributed by atoms with Crippen molar-refractivity contribution in [2.24, 2.45) is 0 Å². The Kier molecular flexibility index (Phi) is 7.42. The number of aliphatic hydroxyl groups is 1. The Labute approximate surface area is 210 Å². The normalized spacial score (nSPS) is 14.5. The van der Waals surface area contributed by atoms with Crippen molar-refractivity contribution in [3.63, 3.8) is 0 Å². The quantitative estimate of drug-likeness (QED) is 0.308. The molecule has 4 rings (SSSR count). The Morgan fingerprint density at radius 1 is 0.946 bits per heavy atom. The lowest BCUT2D eigenvalue weighted by atomic mass is 9.85. The lowest BCUT2D eigenvalue weighted by Gasteiger charge is -2.40. The molecule has 0 aliphatic heterocycles. The zero-order chi connectivity index (χ0) is 26.8. The minimum atomic E-state index is -4.39. The van der Waals surface area contributed by atoms with Crippen LogP contribution in [0, 0.1) is 11.6 Å². The van der Waals surface area contributed by atoms with Crippen LogP contribution in [0.15, 0.2) is 79.4 Å². The summed E-state index contributed by atoms with van der Waals surface area (Å²) in [7, 11) is 1.77. The largest absolute Gasteiger partial charge is 0.416 e. The Balaban J connectivity index is 1.54. The van der Waals surface area contributed by atoms with Crippen molar-refractivity contribution in [2.75, 3.05) is 7.05 Å². The molecule has 2 atom stereocenters. The number of rotatable bonds is 8. The van der Waals surface area contributed by atoms with Crippen molar-refractivity contribution in [3.8, 4) is 11.1 Å². The first-order valence-electron chi connectivity index (χ1n) is 11.4. The van der Waals surface area contributed by atoms with Crippen molar-refractivity contribution < 1.29 is 27.1 Å². The van der Waals surface area contributed by atoms with Crippen LogP contribution in [0.3, 0.4) is 0 Å². The fourth-order valence-corrected chi connectivity index (χ4v) is 4.29. The monoisotopic (exact) mass is 516 g/mol. The fraction of sp³-hybridized carbons (Fsp3) is 0.259. The second kappa shape index (κ2) is 10.4. The minimum Gasteiger partial charge on any atom is -0.381 e. The van der Waals surface area contributed by atoms with Crippen LogP contribution in [-0.2, 0) is 24.9 Å². The number of nitrogens with zero attached hydrogens (tertiary/aromatic N) is 4. The van der Waals surface area contributed by atoms with Crippen LogP contribution < -0.4 is 0 Å². The number of hydrogen-bond donors (Lipinski definition) is 1. The van der Waals surface area contributed by atoms with Crippen LogP contribution in [0.2, 0.25) is 0 Å². The van der Waals surface area contributed by atoms with Gasteiger partial charge in [0, 0.05) is 24.2 Å². The second-order valence-electron chi connectivity index (χ2n) is 9.00. The van der Waals surface area contributed by atoms with Gasteiger partial charge in [0.1, 0.15) is 29.9 Å². The van der Waals surface area contributed by atoms with E-state index >= 15 is 0 Å². The number of likely N-dealkylation sites (N-methyl/N-ethyl adjacent to an activating group) is 1. The van der Waals surface area contributed by atoms with E-state index in [1.54, 1.807) is 26.1 Å². The molecular weight excluding hydrogens is 491 g/mol. The molecule has 0 saturated heterocycles. The van der Waals surface area contributed by atoms with Crippen LogP contribution in [0.1, 0.15) is 23.6 Å². The first-order valence-corrected chi connectivity index (χ1v) is 11.4. The fourth-order valence-electron chi connectivity index (χ4n) is 4.29. The maximum absolute atomic E-state index is 14.8. The smallest absolute Gasteiger partial charge is 0.381 e. The third-order valence-corrected chi connectivity index (χ3v) is 6.55. The standard InChI is InChI=1S/C27H25F5N4O/c1-18(26(37,15-36-17-33-16-34-36)24-12-11-23(28)13-25(24)29)35(2)14-19-3-5-20(6-4-19)21-7-9-22(10-8-21)27(30,31)32/h3-13,16-18,37H,14-15H2,1-2H3/t18-,26-/m1/s1. The van der Waals surface area contributed by atoms with Gasteiger partial charge in [-0.2, -0.15) is 18.3 Å². The van der Waals surface area contributed by atoms with E-state index in [2.05, 4.69) is 10.1 Å². The molecule has 0 aliphatic carbocycles. The molecule has 0 amide bonds. The van der Waals surface area contributed by atoms with Crippen molar-refractivity contribution in [2.45, 2.75) is 37.8 Å². The van der Waals surface area contributed by atoms with Crippen LogP contribution >= 0.6 is 0 Å². The molecule has 194 valence electrons. The molecule has 37 heavy (non-hydrogen) atoms. The second-order valence-corrected chi connectivity index (χ2v) is 9.00. The van der Waals surface area contributed by atoms with Crippen molar-refractivity contribution in [1.82, 2.24) is 19.7 Å². The lowest BCUT2D eigenvalue weighted by Crippen LogP contribution is -2.50. The van der Waals surface area contributed by atoms with Gasteiger partial charge in [-0.3, -0.25) is 4.90 Å². The summed E-state index contributed by atoms with van der Waals surface area (Å²) in [5, 5.41) is 15.8. The van der Waals surface area contributed by atoms with Gasteiger partial charge in [-0.25, -0.2) is 18.4 Å². The van der Waals surface area contributed by atoms with E-state index in [-0.39, 0.29) is 12.1 Å². The average molecular weight is 517 g/mol. The molecule has 1 N–H and O–H groups in total. The van der Waals surface area contributed by atoms with Gasteiger partial charge in [-0.1, -0.05) is 42.5 Å². The molecule has 0 bridgehead atoms. The van der Waals surface area contributed by atoms with Gasteiger partial charge >= 0.3 is 6.18 Å². The van der Waals surface area contributed by atoms with Gasteiger partial charge < -0.3 is 5.11 Å². The molecule has 1 heterocycles. The van der Waals surface area contributed by atoms with Gasteiger partial charge in [-0.15, -0.1) is 0 Å². The summed E-state index contributed by atoms with van der Waals surface area (Å²) in [6.45, 7) is 1.99. The molecule has 0 saturated carbocycles. The van der Waals surface area contributed by atoms with E-state index in [1.165, 1.54) is 35.5 Å². The summed E-state index contributed by atoms with van der Waals surface area (Å²) in [6.07, 6.45) is -1.69. The molecule has 0 spiro atoms. The van der Waals surface area contributed by atoms with Gasteiger partial charge in [0.2, 0.25) is 0 Å². The summed E-state index contributed by atoms with van der Waals surface area (Å²) in [6, 6.07) is 14.6.